The predicted octanol–water partition coefficient (Wildman–Crippen LogP) is 4.16. The first-order valence-electron chi connectivity index (χ1n) is 7.57. The molecule has 0 amide bonds. The molecule has 0 aliphatic rings. The highest BCUT2D eigenvalue weighted by molar-refractivity contribution is 5.90. The van der Waals surface area contributed by atoms with E-state index in [0.717, 1.165) is 17.7 Å². The van der Waals surface area contributed by atoms with E-state index in [9.17, 15) is 4.79 Å². The average Bonchev–Trinajstić information content (AvgIpc) is 2.51. The van der Waals surface area contributed by atoms with Crippen molar-refractivity contribution in [2.75, 3.05) is 13.7 Å². The van der Waals surface area contributed by atoms with Gasteiger partial charge in [0.2, 0.25) is 0 Å². The highest BCUT2D eigenvalue weighted by Gasteiger charge is 2.01. The largest absolute Gasteiger partial charge is 0.497 e. The number of allylic oxidation sites excluding steroid dienone is 1. The van der Waals surface area contributed by atoms with Gasteiger partial charge in [-0.3, -0.25) is 4.79 Å². The van der Waals surface area contributed by atoms with E-state index in [1.807, 2.05) is 30.3 Å². The lowest BCUT2D eigenvalue weighted by atomic mass is 10.0. The fourth-order valence-corrected chi connectivity index (χ4v) is 1.93. The molecule has 0 spiro atoms. The lowest BCUT2D eigenvalue weighted by Crippen LogP contribution is -2.06. The molecule has 0 bridgehead atoms. The third kappa shape index (κ3) is 7.66. The minimum absolute atomic E-state index is 0.0202. The van der Waals surface area contributed by atoms with Crippen LogP contribution < -0.4 is 4.74 Å². The van der Waals surface area contributed by atoms with E-state index < -0.39 is 0 Å². The number of carbonyl (C=O) groups is 1. The van der Waals surface area contributed by atoms with Crippen LogP contribution in [0.2, 0.25) is 0 Å². The highest BCUT2D eigenvalue weighted by Crippen LogP contribution is 2.12. The molecule has 1 aromatic carbocycles. The van der Waals surface area contributed by atoms with Gasteiger partial charge in [0, 0.05) is 0 Å². The van der Waals surface area contributed by atoms with Crippen LogP contribution in [0, 0.1) is 5.92 Å². The molecule has 3 nitrogen and oxygen atoms in total. The van der Waals surface area contributed by atoms with E-state index in [0.29, 0.717) is 12.5 Å². The summed E-state index contributed by atoms with van der Waals surface area (Å²) in [6.45, 7) is 4.88. The Labute approximate surface area is 128 Å². The van der Waals surface area contributed by atoms with Gasteiger partial charge in [-0.05, 0) is 36.1 Å². The van der Waals surface area contributed by atoms with Crippen LogP contribution in [0.15, 0.2) is 36.4 Å². The molecule has 0 unspecified atom stereocenters. The summed E-state index contributed by atoms with van der Waals surface area (Å²) < 4.78 is 10.5. The van der Waals surface area contributed by atoms with Crippen LogP contribution in [0.3, 0.4) is 0 Å². The number of ether oxygens (including phenoxy) is 2. The molecule has 0 aromatic heterocycles. The quantitative estimate of drug-likeness (QED) is 0.607. The van der Waals surface area contributed by atoms with Crippen molar-refractivity contribution in [1.82, 2.24) is 0 Å². The Kier molecular flexibility index (Phi) is 8.44. The number of hydrogen-bond acceptors (Lipinski definition) is 3. The normalized spacial score (nSPS) is 12.5. The molecule has 0 heterocycles. The molecule has 1 atom stereocenters. The summed E-state index contributed by atoms with van der Waals surface area (Å²) in [5.74, 6) is 1.29. The van der Waals surface area contributed by atoms with Gasteiger partial charge in [0.05, 0.1) is 13.7 Å². The number of methoxy groups -OCH3 is 1. The maximum absolute atomic E-state index is 11.7. The van der Waals surface area contributed by atoms with E-state index in [2.05, 4.69) is 13.8 Å². The van der Waals surface area contributed by atoms with E-state index in [-0.39, 0.29) is 12.4 Å². The van der Waals surface area contributed by atoms with Crippen molar-refractivity contribution in [2.24, 2.45) is 5.92 Å². The highest BCUT2D eigenvalue weighted by atomic mass is 16.5. The van der Waals surface area contributed by atoms with Crippen LogP contribution in [0.4, 0.5) is 0 Å². The zero-order chi connectivity index (χ0) is 15.5. The van der Waals surface area contributed by atoms with Crippen molar-refractivity contribution in [3.8, 4) is 5.75 Å². The number of carbonyl (C=O) groups excluding carboxylic acids is 1. The van der Waals surface area contributed by atoms with Crippen molar-refractivity contribution in [2.45, 2.75) is 39.7 Å². The standard InChI is InChI=1S/C18H26O3/c1-4-5-6-15(2)7-10-17(19)14-21-13-16-8-11-18(20-3)12-9-16/h7-12,15H,4-6,13-14H2,1-3H3/b10-7+/t15-/m0/s1. The number of hydrogen-bond donors (Lipinski definition) is 0. The van der Waals surface area contributed by atoms with E-state index in [1.165, 1.54) is 12.8 Å². The monoisotopic (exact) mass is 290 g/mol. The van der Waals surface area contributed by atoms with Gasteiger partial charge in [-0.2, -0.15) is 0 Å². The summed E-state index contributed by atoms with van der Waals surface area (Å²) >= 11 is 0. The van der Waals surface area contributed by atoms with Crippen LogP contribution in [0.1, 0.15) is 38.7 Å². The van der Waals surface area contributed by atoms with Crippen LogP contribution in [0.25, 0.3) is 0 Å². The minimum Gasteiger partial charge on any atom is -0.497 e. The van der Waals surface area contributed by atoms with Crippen molar-refractivity contribution >= 4 is 5.78 Å². The molecule has 1 aromatic rings. The molecule has 0 aliphatic carbocycles. The van der Waals surface area contributed by atoms with Gasteiger partial charge in [0.15, 0.2) is 5.78 Å². The second-order valence-electron chi connectivity index (χ2n) is 5.29. The zero-order valence-corrected chi connectivity index (χ0v) is 13.3. The molecule has 0 saturated carbocycles. The molecule has 0 radical (unpaired) electrons. The Hall–Kier alpha value is -1.61. The summed E-state index contributed by atoms with van der Waals surface area (Å²) in [6.07, 6.45) is 7.15. The molecular formula is C18H26O3. The second kappa shape index (κ2) is 10.2. The van der Waals surface area contributed by atoms with Crippen LogP contribution >= 0.6 is 0 Å². The topological polar surface area (TPSA) is 35.5 Å². The summed E-state index contributed by atoms with van der Waals surface area (Å²) in [7, 11) is 1.64. The van der Waals surface area contributed by atoms with E-state index in [1.54, 1.807) is 13.2 Å². The third-order valence-electron chi connectivity index (χ3n) is 3.30. The Morgan fingerprint density at radius 1 is 1.29 bits per heavy atom. The maximum atomic E-state index is 11.7. The summed E-state index contributed by atoms with van der Waals surface area (Å²) in [5, 5.41) is 0. The van der Waals surface area contributed by atoms with Crippen molar-refractivity contribution < 1.29 is 14.3 Å². The molecule has 0 N–H and O–H groups in total. The molecule has 0 saturated heterocycles. The molecule has 1 rings (SSSR count). The molecule has 116 valence electrons. The fourth-order valence-electron chi connectivity index (χ4n) is 1.93. The number of benzene rings is 1. The first kappa shape index (κ1) is 17.4. The third-order valence-corrected chi connectivity index (χ3v) is 3.30. The maximum Gasteiger partial charge on any atom is 0.180 e. The van der Waals surface area contributed by atoms with Crippen molar-refractivity contribution in [1.29, 1.82) is 0 Å². The Balaban J connectivity index is 2.24. The van der Waals surface area contributed by atoms with Crippen molar-refractivity contribution in [3.05, 3.63) is 42.0 Å². The van der Waals surface area contributed by atoms with Gasteiger partial charge in [-0.25, -0.2) is 0 Å². The van der Waals surface area contributed by atoms with Gasteiger partial charge in [-0.1, -0.05) is 44.9 Å². The predicted molar refractivity (Wildman–Crippen MR) is 85.5 cm³/mol. The summed E-state index contributed by atoms with van der Waals surface area (Å²) in [5.41, 5.74) is 1.03. The number of rotatable bonds is 10. The first-order valence-corrected chi connectivity index (χ1v) is 7.57. The molecule has 0 aliphatic heterocycles. The zero-order valence-electron chi connectivity index (χ0n) is 13.3. The molecule has 21 heavy (non-hydrogen) atoms. The van der Waals surface area contributed by atoms with Crippen molar-refractivity contribution in [3.63, 3.8) is 0 Å². The first-order chi connectivity index (χ1) is 10.2. The van der Waals surface area contributed by atoms with Crippen LogP contribution in [-0.2, 0) is 16.1 Å². The summed E-state index contributed by atoms with van der Waals surface area (Å²) in [6, 6.07) is 7.64. The van der Waals surface area contributed by atoms with Gasteiger partial charge in [0.25, 0.3) is 0 Å². The summed E-state index contributed by atoms with van der Waals surface area (Å²) in [4.78, 5) is 11.7. The Morgan fingerprint density at radius 2 is 2.00 bits per heavy atom. The minimum atomic E-state index is 0.0202. The molecule has 0 fully saturated rings. The van der Waals surface area contributed by atoms with Crippen LogP contribution in [-0.4, -0.2) is 19.5 Å². The lowest BCUT2D eigenvalue weighted by molar-refractivity contribution is -0.119. The Bertz CT molecular complexity index is 434. The second-order valence-corrected chi connectivity index (χ2v) is 5.29. The van der Waals surface area contributed by atoms with Gasteiger partial charge < -0.3 is 9.47 Å². The van der Waals surface area contributed by atoms with Crippen LogP contribution in [0.5, 0.6) is 5.75 Å². The van der Waals surface area contributed by atoms with Gasteiger partial charge >= 0.3 is 0 Å². The smallest absolute Gasteiger partial charge is 0.180 e. The lowest BCUT2D eigenvalue weighted by Gasteiger charge is -2.05. The van der Waals surface area contributed by atoms with Gasteiger partial charge in [0.1, 0.15) is 12.4 Å². The fraction of sp³-hybridized carbons (Fsp3) is 0.500. The number of ketones is 1. The Morgan fingerprint density at radius 3 is 2.62 bits per heavy atom. The van der Waals surface area contributed by atoms with E-state index >= 15 is 0 Å². The average molecular weight is 290 g/mol. The van der Waals surface area contributed by atoms with E-state index in [4.69, 9.17) is 9.47 Å². The molecule has 3 heteroatoms. The number of unbranched alkanes of at least 4 members (excludes halogenated alkanes) is 1. The SMILES string of the molecule is CCCC[C@H](C)/C=C/C(=O)COCc1ccc(OC)cc1. The molecular weight excluding hydrogens is 264 g/mol. The van der Waals surface area contributed by atoms with Gasteiger partial charge in [-0.15, -0.1) is 0 Å².